The Kier molecular flexibility index (Phi) is 9.47. The molecule has 1 N–H and O–H groups in total. The van der Waals surface area contributed by atoms with Gasteiger partial charge in [-0.2, -0.15) is 0 Å². The van der Waals surface area contributed by atoms with Crippen molar-refractivity contribution < 1.29 is 18.6 Å². The summed E-state index contributed by atoms with van der Waals surface area (Å²) in [6.07, 6.45) is 0.537. The van der Waals surface area contributed by atoms with Crippen molar-refractivity contribution in [3.63, 3.8) is 0 Å². The summed E-state index contributed by atoms with van der Waals surface area (Å²) in [5.74, 6) is -0.622. The van der Waals surface area contributed by atoms with Gasteiger partial charge in [-0.1, -0.05) is 55.0 Å². The predicted octanol–water partition coefficient (Wildman–Crippen LogP) is 3.24. The fourth-order valence-electron chi connectivity index (χ4n) is 2.80. The van der Waals surface area contributed by atoms with Crippen LogP contribution in [0.1, 0.15) is 24.5 Å². The molecule has 0 spiro atoms. The molecule has 0 radical (unpaired) electrons. The van der Waals surface area contributed by atoms with Gasteiger partial charge in [0.25, 0.3) is 0 Å². The van der Waals surface area contributed by atoms with Gasteiger partial charge < -0.3 is 4.74 Å². The minimum absolute atomic E-state index is 0.186. The highest BCUT2D eigenvalue weighted by molar-refractivity contribution is 7.83. The molecule has 0 aliphatic rings. The van der Waals surface area contributed by atoms with Gasteiger partial charge in [0, 0.05) is 19.7 Å². The third kappa shape index (κ3) is 7.36. The quantitative estimate of drug-likeness (QED) is 0.449. The second-order valence-electron chi connectivity index (χ2n) is 6.94. The van der Waals surface area contributed by atoms with Crippen molar-refractivity contribution in [3.05, 3.63) is 65.7 Å². The molecule has 158 valence electrons. The summed E-state index contributed by atoms with van der Waals surface area (Å²) in [5.41, 5.74) is 2.19. The van der Waals surface area contributed by atoms with Gasteiger partial charge in [0.1, 0.15) is 11.0 Å². The molecule has 29 heavy (non-hydrogen) atoms. The van der Waals surface area contributed by atoms with Crippen molar-refractivity contribution in [1.29, 1.82) is 0 Å². The number of rotatable bonds is 11. The molecule has 0 aromatic heterocycles. The van der Waals surface area contributed by atoms with Crippen LogP contribution in [0, 0.1) is 12.8 Å². The second kappa shape index (κ2) is 11.8. The lowest BCUT2D eigenvalue weighted by molar-refractivity contribution is -0.173. The molecule has 0 saturated carbocycles. The van der Waals surface area contributed by atoms with Crippen LogP contribution in [0.25, 0.3) is 0 Å². The minimum Gasteiger partial charge on any atom is -0.377 e. The number of aryl methyl sites for hydroxylation is 1. The topological polar surface area (TPSA) is 67.9 Å². The van der Waals surface area contributed by atoms with Gasteiger partial charge in [-0.15, -0.1) is 0 Å². The summed E-state index contributed by atoms with van der Waals surface area (Å²) in [7, 11) is 1.58. The first kappa shape index (κ1) is 23.2. The summed E-state index contributed by atoms with van der Waals surface area (Å²) >= 11 is 0. The molecular formula is C22H30N2O4S. The van der Waals surface area contributed by atoms with E-state index in [1.54, 1.807) is 14.0 Å². The lowest BCUT2D eigenvalue weighted by atomic mass is 9.99. The molecule has 0 aliphatic heterocycles. The number of benzene rings is 2. The average molecular weight is 419 g/mol. The van der Waals surface area contributed by atoms with E-state index >= 15 is 0 Å². The van der Waals surface area contributed by atoms with Gasteiger partial charge in [-0.05, 0) is 31.0 Å². The SMILES string of the molecule is CON(C)C(=O)[C@@H](C)[C@H](CCOCc1ccccc1)N[S@@](=O)c1ccc(C)cc1. The largest absolute Gasteiger partial charge is 0.377 e. The molecule has 2 aromatic carbocycles. The molecule has 6 nitrogen and oxygen atoms in total. The van der Waals surface area contributed by atoms with Crippen molar-refractivity contribution in [1.82, 2.24) is 9.79 Å². The van der Waals surface area contributed by atoms with Gasteiger partial charge in [0.05, 0.1) is 24.5 Å². The van der Waals surface area contributed by atoms with E-state index in [-0.39, 0.29) is 11.9 Å². The highest BCUT2D eigenvalue weighted by atomic mass is 32.2. The van der Waals surface area contributed by atoms with Crippen LogP contribution in [0.4, 0.5) is 0 Å². The lowest BCUT2D eigenvalue weighted by Crippen LogP contribution is -2.44. The zero-order valence-corrected chi connectivity index (χ0v) is 18.3. The summed E-state index contributed by atoms with van der Waals surface area (Å²) in [4.78, 5) is 18.2. The number of nitrogens with zero attached hydrogens (tertiary/aromatic N) is 1. The van der Waals surface area contributed by atoms with Crippen LogP contribution in [-0.2, 0) is 32.0 Å². The van der Waals surface area contributed by atoms with E-state index < -0.39 is 16.9 Å². The molecule has 2 aromatic rings. The Bertz CT molecular complexity index is 783. The molecule has 2 rings (SSSR count). The van der Waals surface area contributed by atoms with Crippen molar-refractivity contribution >= 4 is 16.9 Å². The predicted molar refractivity (Wildman–Crippen MR) is 114 cm³/mol. The van der Waals surface area contributed by atoms with Crippen LogP contribution < -0.4 is 4.72 Å². The van der Waals surface area contributed by atoms with Crippen molar-refractivity contribution in [3.8, 4) is 0 Å². The normalized spacial score (nSPS) is 14.2. The van der Waals surface area contributed by atoms with E-state index in [0.29, 0.717) is 24.5 Å². The molecule has 0 saturated heterocycles. The fraction of sp³-hybridized carbons (Fsp3) is 0.409. The lowest BCUT2D eigenvalue weighted by Gasteiger charge is -2.26. The summed E-state index contributed by atoms with van der Waals surface area (Å²) in [6, 6.07) is 17.1. The van der Waals surface area contributed by atoms with E-state index in [4.69, 9.17) is 9.57 Å². The van der Waals surface area contributed by atoms with Crippen LogP contribution >= 0.6 is 0 Å². The van der Waals surface area contributed by atoms with E-state index in [9.17, 15) is 9.00 Å². The number of carbonyl (C=O) groups is 1. The Morgan fingerprint density at radius 1 is 1.14 bits per heavy atom. The van der Waals surface area contributed by atoms with Crippen molar-refractivity contribution in [2.24, 2.45) is 5.92 Å². The summed E-state index contributed by atoms with van der Waals surface area (Å²) in [6.45, 7) is 4.72. The Morgan fingerprint density at radius 2 is 1.79 bits per heavy atom. The Morgan fingerprint density at radius 3 is 2.41 bits per heavy atom. The number of hydrogen-bond acceptors (Lipinski definition) is 4. The first-order valence-corrected chi connectivity index (χ1v) is 10.7. The van der Waals surface area contributed by atoms with Crippen LogP contribution in [-0.4, -0.2) is 42.0 Å². The molecule has 0 aliphatic carbocycles. The van der Waals surface area contributed by atoms with Gasteiger partial charge in [0.15, 0.2) is 0 Å². The van der Waals surface area contributed by atoms with Crippen LogP contribution in [0.15, 0.2) is 59.5 Å². The molecule has 1 amide bonds. The van der Waals surface area contributed by atoms with E-state index in [2.05, 4.69) is 4.72 Å². The maximum Gasteiger partial charge on any atom is 0.250 e. The van der Waals surface area contributed by atoms with Crippen LogP contribution in [0.5, 0.6) is 0 Å². The zero-order valence-electron chi connectivity index (χ0n) is 17.5. The first-order chi connectivity index (χ1) is 13.9. The minimum atomic E-state index is -1.43. The van der Waals surface area contributed by atoms with Gasteiger partial charge in [-0.3, -0.25) is 9.63 Å². The Labute approximate surface area is 175 Å². The monoisotopic (exact) mass is 418 g/mol. The van der Waals surface area contributed by atoms with Crippen LogP contribution in [0.3, 0.4) is 0 Å². The van der Waals surface area contributed by atoms with E-state index in [1.165, 1.54) is 12.2 Å². The maximum absolute atomic E-state index is 12.8. The standard InChI is InChI=1S/C22H30N2O4S/c1-17-10-12-20(13-11-17)29(26)23-21(18(2)22(25)24(3)27-4)14-15-28-16-19-8-6-5-7-9-19/h5-13,18,21,23H,14-16H2,1-4H3/t18-,21-,29-/m0/s1. The Hall–Kier alpha value is -2.06. The number of carbonyl (C=O) groups excluding carboxylic acids is 1. The third-order valence-corrected chi connectivity index (χ3v) is 5.97. The zero-order chi connectivity index (χ0) is 21.2. The summed E-state index contributed by atoms with van der Waals surface area (Å²) < 4.78 is 21.7. The molecule has 0 heterocycles. The third-order valence-electron chi connectivity index (χ3n) is 4.76. The molecule has 3 atom stereocenters. The number of hydrogen-bond donors (Lipinski definition) is 1. The smallest absolute Gasteiger partial charge is 0.250 e. The number of amides is 1. The molecule has 0 fully saturated rings. The molecule has 7 heteroatoms. The van der Waals surface area contributed by atoms with Gasteiger partial charge in [0.2, 0.25) is 5.91 Å². The second-order valence-corrected chi connectivity index (χ2v) is 8.18. The number of hydroxylamine groups is 2. The van der Waals surface area contributed by atoms with E-state index in [0.717, 1.165) is 11.1 Å². The molecular weight excluding hydrogens is 388 g/mol. The summed E-state index contributed by atoms with van der Waals surface area (Å²) in [5, 5.41) is 1.19. The fourth-order valence-corrected chi connectivity index (χ4v) is 3.92. The van der Waals surface area contributed by atoms with Gasteiger partial charge >= 0.3 is 0 Å². The Balaban J connectivity index is 2.00. The highest BCUT2D eigenvalue weighted by Crippen LogP contribution is 2.15. The number of ether oxygens (including phenoxy) is 1. The maximum atomic E-state index is 12.8. The molecule has 0 unspecified atom stereocenters. The first-order valence-electron chi connectivity index (χ1n) is 9.60. The van der Waals surface area contributed by atoms with Crippen molar-refractivity contribution in [2.75, 3.05) is 20.8 Å². The van der Waals surface area contributed by atoms with Crippen LogP contribution in [0.2, 0.25) is 0 Å². The van der Waals surface area contributed by atoms with E-state index in [1.807, 2.05) is 61.5 Å². The molecule has 0 bridgehead atoms. The number of nitrogens with one attached hydrogen (secondary N) is 1. The average Bonchev–Trinajstić information content (AvgIpc) is 2.75. The highest BCUT2D eigenvalue weighted by Gasteiger charge is 2.28. The van der Waals surface area contributed by atoms with Gasteiger partial charge in [-0.25, -0.2) is 14.0 Å². The van der Waals surface area contributed by atoms with Crippen molar-refractivity contribution in [2.45, 2.75) is 37.8 Å².